The lowest BCUT2D eigenvalue weighted by molar-refractivity contribution is 0.164. The van der Waals surface area contributed by atoms with Gasteiger partial charge in [0.15, 0.2) is 0 Å². The predicted molar refractivity (Wildman–Crippen MR) is 63.8 cm³/mol. The van der Waals surface area contributed by atoms with Crippen molar-refractivity contribution in [2.24, 2.45) is 5.73 Å². The van der Waals surface area contributed by atoms with Gasteiger partial charge in [0.1, 0.15) is 0 Å². The largest absolute Gasteiger partial charge is 0.391 e. The van der Waals surface area contributed by atoms with Gasteiger partial charge in [0, 0.05) is 0 Å². The second-order valence-electron chi connectivity index (χ2n) is 5.14. The lowest BCUT2D eigenvalue weighted by Gasteiger charge is -2.21. The van der Waals surface area contributed by atoms with E-state index in [1.807, 2.05) is 12.1 Å². The summed E-state index contributed by atoms with van der Waals surface area (Å²) in [6.07, 6.45) is -0.509. The van der Waals surface area contributed by atoms with Gasteiger partial charge in [-0.1, -0.05) is 45.0 Å². The van der Waals surface area contributed by atoms with E-state index < -0.39 is 6.10 Å². The maximum Gasteiger partial charge on any atom is 0.0704 e. The molecule has 84 valence electrons. The summed E-state index contributed by atoms with van der Waals surface area (Å²) in [5, 5.41) is 9.38. The zero-order valence-corrected chi connectivity index (χ0v) is 9.99. The molecule has 15 heavy (non-hydrogen) atoms. The Kier molecular flexibility index (Phi) is 3.53. The number of benzene rings is 1. The summed E-state index contributed by atoms with van der Waals surface area (Å²) in [7, 11) is 0. The highest BCUT2D eigenvalue weighted by Gasteiger charge is 2.15. The van der Waals surface area contributed by atoms with E-state index in [0.717, 1.165) is 5.56 Å². The molecule has 1 rings (SSSR count). The van der Waals surface area contributed by atoms with Crippen molar-refractivity contribution in [2.75, 3.05) is 0 Å². The minimum Gasteiger partial charge on any atom is -0.391 e. The fraction of sp³-hybridized carbons (Fsp3) is 0.538. The number of hydrogen-bond donors (Lipinski definition) is 2. The molecule has 0 amide bonds. The SMILES string of the molecule is C[C@@H](O)[C@H](N)c1ccc(C(C)(C)C)cc1. The van der Waals surface area contributed by atoms with E-state index in [-0.39, 0.29) is 11.5 Å². The fourth-order valence-electron chi connectivity index (χ4n) is 1.48. The van der Waals surface area contributed by atoms with Gasteiger partial charge in [0.05, 0.1) is 12.1 Å². The summed E-state index contributed by atoms with van der Waals surface area (Å²) in [4.78, 5) is 0. The molecule has 0 saturated carbocycles. The van der Waals surface area contributed by atoms with E-state index in [1.54, 1.807) is 6.92 Å². The molecule has 0 radical (unpaired) electrons. The number of aliphatic hydroxyl groups is 1. The van der Waals surface area contributed by atoms with E-state index in [2.05, 4.69) is 32.9 Å². The van der Waals surface area contributed by atoms with Crippen molar-refractivity contribution in [1.29, 1.82) is 0 Å². The number of nitrogens with two attached hydrogens (primary N) is 1. The minimum absolute atomic E-state index is 0.160. The average Bonchev–Trinajstić information content (AvgIpc) is 2.15. The molecule has 0 aliphatic heterocycles. The van der Waals surface area contributed by atoms with Crippen LogP contribution in [0.2, 0.25) is 0 Å². The van der Waals surface area contributed by atoms with Crippen molar-refractivity contribution >= 4 is 0 Å². The smallest absolute Gasteiger partial charge is 0.0704 e. The zero-order chi connectivity index (χ0) is 11.6. The standard InChI is InChI=1S/C13H21NO/c1-9(15)12(14)10-5-7-11(8-6-10)13(2,3)4/h5-9,12,15H,14H2,1-4H3/t9-,12+/m1/s1. The molecule has 3 N–H and O–H groups in total. The van der Waals surface area contributed by atoms with Crippen LogP contribution in [0.3, 0.4) is 0 Å². The van der Waals surface area contributed by atoms with Crippen LogP contribution < -0.4 is 5.73 Å². The summed E-state index contributed by atoms with van der Waals surface area (Å²) >= 11 is 0. The molecule has 1 aromatic carbocycles. The van der Waals surface area contributed by atoms with Gasteiger partial charge in [0.2, 0.25) is 0 Å². The van der Waals surface area contributed by atoms with Gasteiger partial charge < -0.3 is 10.8 Å². The summed E-state index contributed by atoms with van der Waals surface area (Å²) in [6.45, 7) is 8.24. The molecule has 2 heteroatoms. The molecular weight excluding hydrogens is 186 g/mol. The Labute approximate surface area is 92.1 Å². The molecular formula is C13H21NO. The number of hydrogen-bond acceptors (Lipinski definition) is 2. The molecule has 0 unspecified atom stereocenters. The summed E-state index contributed by atoms with van der Waals surface area (Å²) in [5.41, 5.74) is 8.27. The molecule has 2 atom stereocenters. The normalized spacial score (nSPS) is 16.1. The van der Waals surface area contributed by atoms with Crippen molar-refractivity contribution in [2.45, 2.75) is 45.3 Å². The van der Waals surface area contributed by atoms with Gasteiger partial charge in [-0.2, -0.15) is 0 Å². The second-order valence-corrected chi connectivity index (χ2v) is 5.14. The third kappa shape index (κ3) is 3.05. The number of aliphatic hydroxyl groups excluding tert-OH is 1. The van der Waals surface area contributed by atoms with Crippen LogP contribution in [0.25, 0.3) is 0 Å². The zero-order valence-electron chi connectivity index (χ0n) is 9.99. The Bertz CT molecular complexity index is 308. The highest BCUT2D eigenvalue weighted by molar-refractivity contribution is 5.29. The topological polar surface area (TPSA) is 46.2 Å². The maximum absolute atomic E-state index is 9.38. The molecule has 0 aliphatic carbocycles. The van der Waals surface area contributed by atoms with Crippen LogP contribution >= 0.6 is 0 Å². The van der Waals surface area contributed by atoms with Crippen molar-refractivity contribution < 1.29 is 5.11 Å². The van der Waals surface area contributed by atoms with Gasteiger partial charge in [-0.05, 0) is 23.5 Å². The Morgan fingerprint density at radius 2 is 1.60 bits per heavy atom. The molecule has 0 saturated heterocycles. The Hall–Kier alpha value is -0.860. The van der Waals surface area contributed by atoms with Crippen LogP contribution in [0, 0.1) is 0 Å². The Morgan fingerprint density at radius 3 is 1.93 bits per heavy atom. The van der Waals surface area contributed by atoms with Gasteiger partial charge in [-0.15, -0.1) is 0 Å². The van der Waals surface area contributed by atoms with Crippen LogP contribution in [0.1, 0.15) is 44.9 Å². The minimum atomic E-state index is -0.509. The van der Waals surface area contributed by atoms with E-state index in [9.17, 15) is 5.11 Å². The Morgan fingerprint density at radius 1 is 1.13 bits per heavy atom. The van der Waals surface area contributed by atoms with Gasteiger partial charge in [0.25, 0.3) is 0 Å². The number of rotatable bonds is 2. The first-order valence-electron chi connectivity index (χ1n) is 5.36. The molecule has 0 heterocycles. The maximum atomic E-state index is 9.38. The van der Waals surface area contributed by atoms with Crippen LogP contribution in [-0.2, 0) is 5.41 Å². The molecule has 0 fully saturated rings. The monoisotopic (exact) mass is 207 g/mol. The van der Waals surface area contributed by atoms with Gasteiger partial charge >= 0.3 is 0 Å². The summed E-state index contributed by atoms with van der Waals surface area (Å²) in [6, 6.07) is 7.87. The first-order chi connectivity index (χ1) is 6.82. The van der Waals surface area contributed by atoms with Crippen LogP contribution in [0.4, 0.5) is 0 Å². The van der Waals surface area contributed by atoms with Crippen LogP contribution in [0.5, 0.6) is 0 Å². The van der Waals surface area contributed by atoms with Crippen molar-refractivity contribution in [3.8, 4) is 0 Å². The lowest BCUT2D eigenvalue weighted by atomic mass is 9.86. The van der Waals surface area contributed by atoms with E-state index in [4.69, 9.17) is 5.73 Å². The summed E-state index contributed by atoms with van der Waals surface area (Å²) < 4.78 is 0. The first kappa shape index (κ1) is 12.2. The first-order valence-corrected chi connectivity index (χ1v) is 5.36. The molecule has 0 aromatic heterocycles. The van der Waals surface area contributed by atoms with Crippen molar-refractivity contribution in [1.82, 2.24) is 0 Å². The third-order valence-corrected chi connectivity index (χ3v) is 2.68. The lowest BCUT2D eigenvalue weighted by Crippen LogP contribution is -2.23. The highest BCUT2D eigenvalue weighted by Crippen LogP contribution is 2.24. The second kappa shape index (κ2) is 4.33. The molecule has 0 bridgehead atoms. The van der Waals surface area contributed by atoms with Crippen LogP contribution in [-0.4, -0.2) is 11.2 Å². The van der Waals surface area contributed by atoms with E-state index in [1.165, 1.54) is 5.56 Å². The van der Waals surface area contributed by atoms with E-state index >= 15 is 0 Å². The summed E-state index contributed by atoms with van der Waals surface area (Å²) in [5.74, 6) is 0. The van der Waals surface area contributed by atoms with Crippen LogP contribution in [0.15, 0.2) is 24.3 Å². The Balaban J connectivity index is 2.91. The molecule has 0 spiro atoms. The molecule has 0 aliphatic rings. The fourth-order valence-corrected chi connectivity index (χ4v) is 1.48. The van der Waals surface area contributed by atoms with Gasteiger partial charge in [-0.25, -0.2) is 0 Å². The molecule has 1 aromatic rings. The highest BCUT2D eigenvalue weighted by atomic mass is 16.3. The third-order valence-electron chi connectivity index (χ3n) is 2.68. The quantitative estimate of drug-likeness (QED) is 0.782. The van der Waals surface area contributed by atoms with Crippen molar-refractivity contribution in [3.05, 3.63) is 35.4 Å². The van der Waals surface area contributed by atoms with E-state index in [0.29, 0.717) is 0 Å². The predicted octanol–water partition coefficient (Wildman–Crippen LogP) is 2.36. The molecule has 2 nitrogen and oxygen atoms in total. The van der Waals surface area contributed by atoms with Gasteiger partial charge in [-0.3, -0.25) is 0 Å². The average molecular weight is 207 g/mol. The van der Waals surface area contributed by atoms with Crippen molar-refractivity contribution in [3.63, 3.8) is 0 Å².